The number of nitrogen functional groups attached to an aromatic ring is 1. The summed E-state index contributed by atoms with van der Waals surface area (Å²) >= 11 is 0. The van der Waals surface area contributed by atoms with Gasteiger partial charge < -0.3 is 15.4 Å². The Morgan fingerprint density at radius 3 is 2.24 bits per heavy atom. The number of carbonyl (C=O) groups is 1. The lowest BCUT2D eigenvalue weighted by molar-refractivity contribution is -0.182. The van der Waals surface area contributed by atoms with E-state index in [1.807, 2.05) is 0 Å². The summed E-state index contributed by atoms with van der Waals surface area (Å²) in [5.41, 5.74) is 4.74. The lowest BCUT2D eigenvalue weighted by Crippen LogP contribution is -2.64. The molecule has 0 aliphatic carbocycles. The monoisotopic (exact) mass is 302 g/mol. The van der Waals surface area contributed by atoms with Gasteiger partial charge >= 0.3 is 6.18 Å². The van der Waals surface area contributed by atoms with Crippen LogP contribution in [0.25, 0.3) is 0 Å². The zero-order valence-electron chi connectivity index (χ0n) is 11.6. The van der Waals surface area contributed by atoms with Gasteiger partial charge in [-0.2, -0.15) is 13.2 Å². The van der Waals surface area contributed by atoms with Gasteiger partial charge in [0.05, 0.1) is 18.8 Å². The van der Waals surface area contributed by atoms with Gasteiger partial charge in [-0.1, -0.05) is 0 Å². The molecule has 4 nitrogen and oxygen atoms in total. The van der Waals surface area contributed by atoms with Crippen LogP contribution in [-0.2, 0) is 10.9 Å². The first kappa shape index (κ1) is 15.8. The number of rotatable bonds is 1. The fraction of sp³-hybridized carbons (Fsp3) is 0.500. The average Bonchev–Trinajstić information content (AvgIpc) is 2.31. The van der Waals surface area contributed by atoms with Crippen molar-refractivity contribution in [2.75, 3.05) is 39.1 Å². The van der Waals surface area contributed by atoms with E-state index in [1.165, 1.54) is 19.2 Å². The van der Waals surface area contributed by atoms with Gasteiger partial charge in [0, 0.05) is 29.8 Å². The van der Waals surface area contributed by atoms with Crippen molar-refractivity contribution < 1.29 is 22.7 Å². The number of halogens is 3. The third kappa shape index (κ3) is 3.74. The Labute approximate surface area is 120 Å². The number of ether oxygens (including phenoxy) is 1. The van der Waals surface area contributed by atoms with Crippen LogP contribution in [0.5, 0.6) is 0 Å². The van der Waals surface area contributed by atoms with Gasteiger partial charge in [0.15, 0.2) is 0 Å². The minimum absolute atomic E-state index is 0.0723. The fourth-order valence-corrected chi connectivity index (χ4v) is 2.58. The van der Waals surface area contributed by atoms with Crippen LogP contribution >= 0.6 is 0 Å². The van der Waals surface area contributed by atoms with E-state index in [2.05, 4.69) is 11.9 Å². The molecule has 1 aromatic rings. The highest BCUT2D eigenvalue weighted by Crippen LogP contribution is 2.36. The summed E-state index contributed by atoms with van der Waals surface area (Å²) in [4.78, 5) is 12.6. The Morgan fingerprint density at radius 2 is 1.90 bits per heavy atom. The molecule has 2 heterocycles. The van der Waals surface area contributed by atoms with E-state index in [0.29, 0.717) is 11.7 Å². The van der Waals surface area contributed by atoms with Crippen LogP contribution < -0.4 is 5.73 Å². The molecule has 0 aromatic heterocycles. The van der Waals surface area contributed by atoms with Gasteiger partial charge in [-0.15, -0.1) is 0 Å². The predicted octanol–water partition coefficient (Wildman–Crippen LogP) is 2.05. The van der Waals surface area contributed by atoms with Crippen LogP contribution in [0.4, 0.5) is 18.9 Å². The van der Waals surface area contributed by atoms with Crippen molar-refractivity contribution in [2.45, 2.75) is 6.18 Å². The third-order valence-electron chi connectivity index (χ3n) is 3.47. The summed E-state index contributed by atoms with van der Waals surface area (Å²) in [6.45, 7) is 4.54. The molecule has 1 spiro atoms. The number of nitrogens with zero attached hydrogens (tertiary/aromatic N) is 1. The maximum absolute atomic E-state index is 12.1. The van der Waals surface area contributed by atoms with Crippen LogP contribution in [0.3, 0.4) is 0 Å². The molecular weight excluding hydrogens is 285 g/mol. The topological polar surface area (TPSA) is 55.6 Å². The Hall–Kier alpha value is -1.60. The summed E-state index contributed by atoms with van der Waals surface area (Å²) in [6.07, 6.45) is -4.14. The standard InChI is InChI=1S/C8H6F3NO.C6H11NO/c9-8(10,11)6-1-5(4-13)2-7(12)3-6;1-7-2-6(3-7)4-8-5-6/h1-4H,12H2;2-5H2,1H3. The normalized spacial score (nSPS) is 20.0. The summed E-state index contributed by atoms with van der Waals surface area (Å²) in [5.74, 6) is 0. The fourth-order valence-electron chi connectivity index (χ4n) is 2.58. The van der Waals surface area contributed by atoms with E-state index < -0.39 is 11.7 Å². The number of hydrogen-bond acceptors (Lipinski definition) is 4. The molecule has 2 fully saturated rings. The highest BCUT2D eigenvalue weighted by Gasteiger charge is 2.47. The minimum Gasteiger partial charge on any atom is -0.399 e. The number of nitrogens with two attached hydrogens (primary N) is 1. The SMILES string of the molecule is CN1CC2(COC2)C1.Nc1cc(C=O)cc(C(F)(F)F)c1. The zero-order chi connectivity index (χ0) is 15.7. The first-order valence-electron chi connectivity index (χ1n) is 6.43. The van der Waals surface area contributed by atoms with Crippen molar-refractivity contribution in [3.8, 4) is 0 Å². The van der Waals surface area contributed by atoms with E-state index in [9.17, 15) is 18.0 Å². The maximum Gasteiger partial charge on any atom is 0.416 e. The number of anilines is 1. The van der Waals surface area contributed by atoms with E-state index in [-0.39, 0.29) is 11.3 Å². The summed E-state index contributed by atoms with van der Waals surface area (Å²) in [5, 5.41) is 0. The number of hydrogen-bond donors (Lipinski definition) is 1. The van der Waals surface area contributed by atoms with E-state index in [0.717, 1.165) is 25.3 Å². The molecule has 2 saturated heterocycles. The Bertz CT molecular complexity index is 519. The second kappa shape index (κ2) is 5.65. The first-order valence-corrected chi connectivity index (χ1v) is 6.43. The Kier molecular flexibility index (Phi) is 4.25. The number of alkyl halides is 3. The van der Waals surface area contributed by atoms with E-state index >= 15 is 0 Å². The van der Waals surface area contributed by atoms with Gasteiger partial charge in [0.1, 0.15) is 6.29 Å². The highest BCUT2D eigenvalue weighted by atomic mass is 19.4. The lowest BCUT2D eigenvalue weighted by Gasteiger charge is -2.53. The molecule has 7 heteroatoms. The lowest BCUT2D eigenvalue weighted by atomic mass is 9.79. The zero-order valence-corrected chi connectivity index (χ0v) is 11.6. The maximum atomic E-state index is 12.1. The van der Waals surface area contributed by atoms with Crippen molar-refractivity contribution in [1.29, 1.82) is 0 Å². The van der Waals surface area contributed by atoms with Crippen LogP contribution in [0.15, 0.2) is 18.2 Å². The van der Waals surface area contributed by atoms with Crippen LogP contribution in [0, 0.1) is 5.41 Å². The van der Waals surface area contributed by atoms with Gasteiger partial charge in [-0.3, -0.25) is 4.79 Å². The van der Waals surface area contributed by atoms with Gasteiger partial charge in [-0.05, 0) is 25.2 Å². The number of aldehydes is 1. The van der Waals surface area contributed by atoms with Gasteiger partial charge in [0.2, 0.25) is 0 Å². The third-order valence-corrected chi connectivity index (χ3v) is 3.47. The van der Waals surface area contributed by atoms with Gasteiger partial charge in [-0.25, -0.2) is 0 Å². The van der Waals surface area contributed by atoms with Crippen LogP contribution in [-0.4, -0.2) is 44.5 Å². The average molecular weight is 302 g/mol. The molecule has 1 aromatic carbocycles. The largest absolute Gasteiger partial charge is 0.416 e. The van der Waals surface area contributed by atoms with E-state index in [4.69, 9.17) is 10.5 Å². The number of carbonyl (C=O) groups excluding carboxylic acids is 1. The van der Waals surface area contributed by atoms with Crippen LogP contribution in [0.2, 0.25) is 0 Å². The molecule has 0 bridgehead atoms. The molecule has 116 valence electrons. The number of likely N-dealkylation sites (tertiary alicyclic amines) is 1. The number of benzene rings is 1. The summed E-state index contributed by atoms with van der Waals surface area (Å²) < 4.78 is 41.4. The second-order valence-electron chi connectivity index (χ2n) is 5.67. The van der Waals surface area contributed by atoms with Crippen molar-refractivity contribution in [3.05, 3.63) is 29.3 Å². The van der Waals surface area contributed by atoms with Crippen molar-refractivity contribution >= 4 is 12.0 Å². The molecule has 2 aliphatic heterocycles. The summed E-state index contributed by atoms with van der Waals surface area (Å²) in [6, 6.07) is 2.72. The molecule has 2 aliphatic rings. The first-order chi connectivity index (χ1) is 9.74. The van der Waals surface area contributed by atoms with Gasteiger partial charge in [0.25, 0.3) is 0 Å². The molecule has 0 amide bonds. The van der Waals surface area contributed by atoms with Crippen molar-refractivity contribution in [3.63, 3.8) is 0 Å². The van der Waals surface area contributed by atoms with Crippen molar-refractivity contribution in [2.24, 2.45) is 5.41 Å². The molecule has 2 N–H and O–H groups in total. The van der Waals surface area contributed by atoms with E-state index in [1.54, 1.807) is 0 Å². The van der Waals surface area contributed by atoms with Crippen molar-refractivity contribution in [1.82, 2.24) is 4.90 Å². The quantitative estimate of drug-likeness (QED) is 0.637. The molecule has 0 unspecified atom stereocenters. The minimum atomic E-state index is -4.47. The molecule has 0 saturated carbocycles. The summed E-state index contributed by atoms with van der Waals surface area (Å²) in [7, 11) is 2.16. The highest BCUT2D eigenvalue weighted by molar-refractivity contribution is 5.77. The molecule has 21 heavy (non-hydrogen) atoms. The van der Waals surface area contributed by atoms with Crippen LogP contribution in [0.1, 0.15) is 15.9 Å². The molecule has 0 atom stereocenters. The smallest absolute Gasteiger partial charge is 0.399 e. The molecular formula is C14H17F3N2O2. The molecule has 3 rings (SSSR count). The second-order valence-corrected chi connectivity index (χ2v) is 5.67. The Balaban J connectivity index is 0.000000170. The predicted molar refractivity (Wildman–Crippen MR) is 72.0 cm³/mol. The molecule has 0 radical (unpaired) electrons. The Morgan fingerprint density at radius 1 is 1.29 bits per heavy atom.